The monoisotopic (exact) mass is 343 g/mol. The molecule has 0 atom stereocenters. The van der Waals surface area contributed by atoms with Gasteiger partial charge in [0.15, 0.2) is 11.5 Å². The number of aromatic nitrogens is 3. The lowest BCUT2D eigenvalue weighted by molar-refractivity contribution is 0.0601. The molecule has 0 aliphatic carbocycles. The van der Waals surface area contributed by atoms with Gasteiger partial charge in [-0.3, -0.25) is 0 Å². The van der Waals surface area contributed by atoms with E-state index in [2.05, 4.69) is 10.2 Å². The highest BCUT2D eigenvalue weighted by Crippen LogP contribution is 2.39. The second-order valence-corrected chi connectivity index (χ2v) is 5.07. The summed E-state index contributed by atoms with van der Waals surface area (Å²) in [5, 5.41) is 8.83. The van der Waals surface area contributed by atoms with Gasteiger partial charge in [-0.15, -0.1) is 10.2 Å². The first kappa shape index (κ1) is 16.6. The van der Waals surface area contributed by atoms with Gasteiger partial charge in [-0.25, -0.2) is 4.79 Å². The Morgan fingerprint density at radius 1 is 0.880 bits per heavy atom. The molecule has 0 saturated heterocycles. The van der Waals surface area contributed by atoms with Crippen molar-refractivity contribution >= 4 is 17.0 Å². The number of methoxy groups -OCH3 is 4. The second-order valence-electron chi connectivity index (χ2n) is 5.07. The predicted molar refractivity (Wildman–Crippen MR) is 89.9 cm³/mol. The SMILES string of the molecule is COC(=O)c1ccc2nn(-c3cc(OC)c(OC)c(OC)c3)nc2c1. The molecule has 8 heteroatoms. The van der Waals surface area contributed by atoms with Crippen LogP contribution in [-0.2, 0) is 4.74 Å². The average molecular weight is 343 g/mol. The number of benzene rings is 2. The molecule has 130 valence electrons. The van der Waals surface area contributed by atoms with Crippen molar-refractivity contribution in [2.45, 2.75) is 0 Å². The molecule has 8 nitrogen and oxygen atoms in total. The van der Waals surface area contributed by atoms with Gasteiger partial charge in [0.1, 0.15) is 11.0 Å². The van der Waals surface area contributed by atoms with Crippen LogP contribution in [0.2, 0.25) is 0 Å². The van der Waals surface area contributed by atoms with Crippen molar-refractivity contribution in [1.82, 2.24) is 15.0 Å². The summed E-state index contributed by atoms with van der Waals surface area (Å²) in [6, 6.07) is 8.46. The van der Waals surface area contributed by atoms with Crippen LogP contribution in [-0.4, -0.2) is 49.4 Å². The van der Waals surface area contributed by atoms with E-state index < -0.39 is 5.97 Å². The van der Waals surface area contributed by atoms with Crippen LogP contribution in [0.4, 0.5) is 0 Å². The lowest BCUT2D eigenvalue weighted by Crippen LogP contribution is -2.02. The third-order valence-corrected chi connectivity index (χ3v) is 3.68. The van der Waals surface area contributed by atoms with E-state index in [-0.39, 0.29) is 0 Å². The van der Waals surface area contributed by atoms with Crippen LogP contribution in [0.5, 0.6) is 17.2 Å². The maximum Gasteiger partial charge on any atom is 0.337 e. The highest BCUT2D eigenvalue weighted by atomic mass is 16.5. The third kappa shape index (κ3) is 2.93. The Kier molecular flexibility index (Phi) is 4.42. The van der Waals surface area contributed by atoms with Crippen LogP contribution in [0.1, 0.15) is 10.4 Å². The van der Waals surface area contributed by atoms with E-state index >= 15 is 0 Å². The van der Waals surface area contributed by atoms with Crippen molar-refractivity contribution in [3.05, 3.63) is 35.9 Å². The number of ether oxygens (including phenoxy) is 4. The molecule has 0 aliphatic heterocycles. The van der Waals surface area contributed by atoms with Crippen LogP contribution < -0.4 is 14.2 Å². The molecule has 3 aromatic rings. The van der Waals surface area contributed by atoms with Gasteiger partial charge in [-0.1, -0.05) is 0 Å². The van der Waals surface area contributed by atoms with Crippen LogP contribution in [0.15, 0.2) is 30.3 Å². The summed E-state index contributed by atoms with van der Waals surface area (Å²) >= 11 is 0. The van der Waals surface area contributed by atoms with Gasteiger partial charge in [0.2, 0.25) is 5.75 Å². The Labute approximate surface area is 143 Å². The predicted octanol–water partition coefficient (Wildman–Crippen LogP) is 2.23. The van der Waals surface area contributed by atoms with Crippen LogP contribution in [0, 0.1) is 0 Å². The van der Waals surface area contributed by atoms with Crippen molar-refractivity contribution in [3.8, 4) is 22.9 Å². The average Bonchev–Trinajstić information content (AvgIpc) is 3.09. The van der Waals surface area contributed by atoms with Crippen molar-refractivity contribution in [1.29, 1.82) is 0 Å². The summed E-state index contributed by atoms with van der Waals surface area (Å²) < 4.78 is 20.7. The molecule has 0 N–H and O–H groups in total. The van der Waals surface area contributed by atoms with Gasteiger partial charge in [-0.2, -0.15) is 4.80 Å². The Balaban J connectivity index is 2.11. The third-order valence-electron chi connectivity index (χ3n) is 3.68. The summed E-state index contributed by atoms with van der Waals surface area (Å²) in [7, 11) is 5.95. The van der Waals surface area contributed by atoms with E-state index in [0.29, 0.717) is 39.5 Å². The largest absolute Gasteiger partial charge is 0.493 e. The first-order valence-electron chi connectivity index (χ1n) is 7.37. The second kappa shape index (κ2) is 6.68. The van der Waals surface area contributed by atoms with Crippen LogP contribution in [0.25, 0.3) is 16.7 Å². The van der Waals surface area contributed by atoms with Crippen molar-refractivity contribution in [2.75, 3.05) is 28.4 Å². The summed E-state index contributed by atoms with van der Waals surface area (Å²) in [6.07, 6.45) is 0. The van der Waals surface area contributed by atoms with Gasteiger partial charge < -0.3 is 18.9 Å². The van der Waals surface area contributed by atoms with Gasteiger partial charge >= 0.3 is 5.97 Å². The number of nitrogens with zero attached hydrogens (tertiary/aromatic N) is 3. The Morgan fingerprint density at radius 2 is 1.52 bits per heavy atom. The lowest BCUT2D eigenvalue weighted by atomic mass is 10.2. The quantitative estimate of drug-likeness (QED) is 0.657. The fourth-order valence-corrected chi connectivity index (χ4v) is 2.46. The van der Waals surface area contributed by atoms with E-state index in [0.717, 1.165) is 0 Å². The first-order chi connectivity index (χ1) is 12.1. The van der Waals surface area contributed by atoms with Crippen molar-refractivity contribution < 1.29 is 23.7 Å². The number of carbonyl (C=O) groups excluding carboxylic acids is 1. The molecule has 3 rings (SSSR count). The molecule has 0 amide bonds. The van der Waals surface area contributed by atoms with E-state index in [1.807, 2.05) is 0 Å². The normalized spacial score (nSPS) is 10.6. The molecular formula is C17H17N3O5. The van der Waals surface area contributed by atoms with Gasteiger partial charge in [0, 0.05) is 12.1 Å². The number of hydrogen-bond acceptors (Lipinski definition) is 7. The highest BCUT2D eigenvalue weighted by Gasteiger charge is 2.16. The zero-order chi connectivity index (χ0) is 18.0. The molecule has 1 aromatic heterocycles. The van der Waals surface area contributed by atoms with Gasteiger partial charge in [0.25, 0.3) is 0 Å². The minimum atomic E-state index is -0.427. The standard InChI is InChI=1S/C17H17N3O5/c1-22-14-8-11(9-15(23-2)16(14)24-3)20-18-12-6-5-10(17(21)25-4)7-13(12)19-20/h5-9H,1-4H3. The van der Waals surface area contributed by atoms with Crippen molar-refractivity contribution in [2.24, 2.45) is 0 Å². The lowest BCUT2D eigenvalue weighted by Gasteiger charge is -2.13. The smallest absolute Gasteiger partial charge is 0.337 e. The van der Waals surface area contributed by atoms with E-state index in [1.165, 1.54) is 33.2 Å². The molecule has 2 aromatic carbocycles. The Bertz CT molecular complexity index is 910. The summed E-state index contributed by atoms with van der Waals surface area (Å²) in [6.45, 7) is 0. The summed E-state index contributed by atoms with van der Waals surface area (Å²) in [4.78, 5) is 13.1. The topological polar surface area (TPSA) is 84.7 Å². The van der Waals surface area contributed by atoms with Crippen LogP contribution in [0.3, 0.4) is 0 Å². The maximum absolute atomic E-state index is 11.6. The molecule has 0 fully saturated rings. The molecule has 0 radical (unpaired) electrons. The summed E-state index contributed by atoms with van der Waals surface area (Å²) in [5.41, 5.74) is 2.25. The zero-order valence-corrected chi connectivity index (χ0v) is 14.3. The number of rotatable bonds is 5. The van der Waals surface area contributed by atoms with E-state index in [1.54, 1.807) is 30.3 Å². The maximum atomic E-state index is 11.6. The van der Waals surface area contributed by atoms with E-state index in [4.69, 9.17) is 18.9 Å². The Hall–Kier alpha value is -3.29. The summed E-state index contributed by atoms with van der Waals surface area (Å²) in [5.74, 6) is 1.05. The molecule has 1 heterocycles. The van der Waals surface area contributed by atoms with Gasteiger partial charge in [-0.05, 0) is 18.2 Å². The number of esters is 1. The fraction of sp³-hybridized carbons (Fsp3) is 0.235. The zero-order valence-electron chi connectivity index (χ0n) is 14.3. The molecular weight excluding hydrogens is 326 g/mol. The molecule has 0 saturated carbocycles. The number of fused-ring (bicyclic) bond motifs is 1. The molecule has 0 bridgehead atoms. The molecule has 25 heavy (non-hydrogen) atoms. The minimum Gasteiger partial charge on any atom is -0.493 e. The fourth-order valence-electron chi connectivity index (χ4n) is 2.46. The van der Waals surface area contributed by atoms with Gasteiger partial charge in [0.05, 0.1) is 39.7 Å². The number of hydrogen-bond donors (Lipinski definition) is 0. The van der Waals surface area contributed by atoms with E-state index in [9.17, 15) is 4.79 Å². The Morgan fingerprint density at radius 3 is 2.08 bits per heavy atom. The molecule has 0 aliphatic rings. The van der Waals surface area contributed by atoms with Crippen LogP contribution >= 0.6 is 0 Å². The highest BCUT2D eigenvalue weighted by molar-refractivity contribution is 5.93. The van der Waals surface area contributed by atoms with Crippen molar-refractivity contribution in [3.63, 3.8) is 0 Å². The molecule has 0 unspecified atom stereocenters. The first-order valence-corrected chi connectivity index (χ1v) is 7.37. The number of carbonyl (C=O) groups is 1. The molecule has 0 spiro atoms. The minimum absolute atomic E-state index is 0.409.